The number of carbonyl (C=O) groups excluding carboxylic acids is 1. The molecule has 1 aromatic heterocycles. The Morgan fingerprint density at radius 3 is 2.56 bits per heavy atom. The number of carbonyl (C=O) groups is 1. The number of methoxy groups -OCH3 is 3. The lowest BCUT2D eigenvalue weighted by atomic mass is 10.1. The maximum atomic E-state index is 12.2. The van der Waals surface area contributed by atoms with Crippen LogP contribution in [0, 0.1) is 0 Å². The summed E-state index contributed by atoms with van der Waals surface area (Å²) in [6.07, 6.45) is 2.34. The van der Waals surface area contributed by atoms with Crippen molar-refractivity contribution in [1.29, 1.82) is 0 Å². The fourth-order valence-corrected chi connectivity index (χ4v) is 1.54. The van der Waals surface area contributed by atoms with E-state index in [9.17, 15) is 4.79 Å². The molecule has 18 heavy (non-hydrogen) atoms. The number of ketones is 1. The molecule has 6 nitrogen and oxygen atoms in total. The van der Waals surface area contributed by atoms with E-state index in [1.54, 1.807) is 0 Å². The van der Waals surface area contributed by atoms with Crippen LogP contribution in [0.25, 0.3) is 0 Å². The van der Waals surface area contributed by atoms with Crippen molar-refractivity contribution in [2.24, 2.45) is 0 Å². The molecule has 1 aromatic rings. The molecule has 0 saturated heterocycles. The summed E-state index contributed by atoms with van der Waals surface area (Å²) in [4.78, 5) is 20.3. The highest BCUT2D eigenvalue weighted by atomic mass is 16.5. The van der Waals surface area contributed by atoms with E-state index < -0.39 is 6.10 Å². The van der Waals surface area contributed by atoms with Gasteiger partial charge in [0.25, 0.3) is 0 Å². The van der Waals surface area contributed by atoms with Crippen LogP contribution in [-0.4, -0.2) is 43.2 Å². The Kier molecular flexibility index (Phi) is 5.51. The van der Waals surface area contributed by atoms with Gasteiger partial charge in [-0.15, -0.1) is 0 Å². The molecule has 0 fully saturated rings. The van der Waals surface area contributed by atoms with Crippen molar-refractivity contribution in [2.75, 3.05) is 21.3 Å². The van der Waals surface area contributed by atoms with E-state index >= 15 is 0 Å². The van der Waals surface area contributed by atoms with Gasteiger partial charge in [0.2, 0.25) is 17.5 Å². The maximum Gasteiger partial charge on any atom is 0.246 e. The molecule has 0 aromatic carbocycles. The van der Waals surface area contributed by atoms with E-state index in [0.29, 0.717) is 12.3 Å². The van der Waals surface area contributed by atoms with E-state index in [1.807, 2.05) is 6.92 Å². The number of hydrogen-bond donors (Lipinski definition) is 0. The zero-order valence-corrected chi connectivity index (χ0v) is 11.1. The van der Waals surface area contributed by atoms with Gasteiger partial charge in [0.1, 0.15) is 6.10 Å². The quantitative estimate of drug-likeness (QED) is 0.686. The van der Waals surface area contributed by atoms with Crippen LogP contribution in [0.5, 0.6) is 11.8 Å². The predicted octanol–water partition coefficient (Wildman–Crippen LogP) is 1.49. The molecule has 1 heterocycles. The monoisotopic (exact) mass is 254 g/mol. The smallest absolute Gasteiger partial charge is 0.246 e. The van der Waals surface area contributed by atoms with Gasteiger partial charge >= 0.3 is 0 Å². The Labute approximate surface area is 106 Å². The van der Waals surface area contributed by atoms with Crippen LogP contribution >= 0.6 is 0 Å². The van der Waals surface area contributed by atoms with E-state index in [-0.39, 0.29) is 17.4 Å². The molecule has 1 rings (SSSR count). The first-order chi connectivity index (χ1) is 8.67. The molecule has 0 N–H and O–H groups in total. The molecular formula is C12H18N2O4. The predicted molar refractivity (Wildman–Crippen MR) is 65.2 cm³/mol. The minimum Gasteiger partial charge on any atom is -0.480 e. The first-order valence-electron chi connectivity index (χ1n) is 5.69. The summed E-state index contributed by atoms with van der Waals surface area (Å²) >= 11 is 0. The van der Waals surface area contributed by atoms with Gasteiger partial charge in [0.15, 0.2) is 5.69 Å². The van der Waals surface area contributed by atoms with Crippen molar-refractivity contribution in [3.05, 3.63) is 11.9 Å². The lowest BCUT2D eigenvalue weighted by molar-refractivity contribution is 0.0569. The van der Waals surface area contributed by atoms with Crippen molar-refractivity contribution in [1.82, 2.24) is 9.97 Å². The largest absolute Gasteiger partial charge is 0.480 e. The maximum absolute atomic E-state index is 12.2. The lowest BCUT2D eigenvalue weighted by Gasteiger charge is -2.14. The zero-order valence-electron chi connectivity index (χ0n) is 11.1. The molecule has 0 aliphatic carbocycles. The van der Waals surface area contributed by atoms with Crippen LogP contribution in [0.1, 0.15) is 30.3 Å². The van der Waals surface area contributed by atoms with Gasteiger partial charge in [0.05, 0.1) is 20.4 Å². The van der Waals surface area contributed by atoms with Crippen LogP contribution in [0.3, 0.4) is 0 Å². The van der Waals surface area contributed by atoms with Crippen molar-refractivity contribution in [3.63, 3.8) is 0 Å². The van der Waals surface area contributed by atoms with Gasteiger partial charge in [-0.3, -0.25) is 4.79 Å². The number of aromatic nitrogens is 2. The molecule has 0 radical (unpaired) electrons. The number of Topliss-reactive ketones (excluding diaryl/α,β-unsaturated/α-hetero) is 1. The molecule has 100 valence electrons. The minimum absolute atomic E-state index is 0.150. The standard InChI is InChI=1S/C12H18N2O4/c1-5-6-8(16-2)11(15)10-12(18-4)14-9(17-3)7-13-10/h7-8H,5-6H2,1-4H3. The second kappa shape index (κ2) is 6.90. The molecular weight excluding hydrogens is 236 g/mol. The third kappa shape index (κ3) is 3.16. The molecule has 0 spiro atoms. The van der Waals surface area contributed by atoms with Gasteiger partial charge in [-0.1, -0.05) is 13.3 Å². The molecule has 0 saturated carbocycles. The summed E-state index contributed by atoms with van der Waals surface area (Å²) in [6.45, 7) is 1.98. The summed E-state index contributed by atoms with van der Waals surface area (Å²) in [7, 11) is 4.41. The summed E-state index contributed by atoms with van der Waals surface area (Å²) in [5, 5.41) is 0. The van der Waals surface area contributed by atoms with E-state index in [0.717, 1.165) is 6.42 Å². The van der Waals surface area contributed by atoms with Crippen molar-refractivity contribution < 1.29 is 19.0 Å². The second-order valence-electron chi connectivity index (χ2n) is 3.65. The number of rotatable bonds is 7. The fourth-order valence-electron chi connectivity index (χ4n) is 1.54. The van der Waals surface area contributed by atoms with Crippen LogP contribution < -0.4 is 9.47 Å². The highest BCUT2D eigenvalue weighted by molar-refractivity contribution is 5.99. The minimum atomic E-state index is -0.522. The highest BCUT2D eigenvalue weighted by Gasteiger charge is 2.24. The number of nitrogens with zero attached hydrogens (tertiary/aromatic N) is 2. The third-order valence-corrected chi connectivity index (χ3v) is 2.48. The Hall–Kier alpha value is -1.69. The average molecular weight is 254 g/mol. The number of hydrogen-bond acceptors (Lipinski definition) is 6. The first kappa shape index (κ1) is 14.4. The molecule has 1 unspecified atom stereocenters. The molecule has 0 aliphatic rings. The summed E-state index contributed by atoms with van der Waals surface area (Å²) < 4.78 is 15.1. The fraction of sp³-hybridized carbons (Fsp3) is 0.583. The van der Waals surface area contributed by atoms with Gasteiger partial charge < -0.3 is 14.2 Å². The van der Waals surface area contributed by atoms with Gasteiger partial charge in [-0.25, -0.2) is 4.98 Å². The van der Waals surface area contributed by atoms with Crippen LogP contribution in [0.15, 0.2) is 6.20 Å². The molecule has 1 atom stereocenters. The number of ether oxygens (including phenoxy) is 3. The SMILES string of the molecule is CCCC(OC)C(=O)c1ncc(OC)nc1OC. The van der Waals surface area contributed by atoms with E-state index in [2.05, 4.69) is 9.97 Å². The van der Waals surface area contributed by atoms with Crippen LogP contribution in [0.4, 0.5) is 0 Å². The van der Waals surface area contributed by atoms with Gasteiger partial charge in [0, 0.05) is 7.11 Å². The van der Waals surface area contributed by atoms with E-state index in [4.69, 9.17) is 14.2 Å². The van der Waals surface area contributed by atoms with E-state index in [1.165, 1.54) is 27.5 Å². The highest BCUT2D eigenvalue weighted by Crippen LogP contribution is 2.20. The first-order valence-corrected chi connectivity index (χ1v) is 5.69. The Bertz CT molecular complexity index is 409. The van der Waals surface area contributed by atoms with Gasteiger partial charge in [-0.2, -0.15) is 4.98 Å². The van der Waals surface area contributed by atoms with Crippen LogP contribution in [-0.2, 0) is 4.74 Å². The molecule has 0 aliphatic heterocycles. The Morgan fingerprint density at radius 1 is 1.33 bits per heavy atom. The summed E-state index contributed by atoms with van der Waals surface area (Å²) in [6, 6.07) is 0. The zero-order chi connectivity index (χ0) is 13.5. The third-order valence-electron chi connectivity index (χ3n) is 2.48. The average Bonchev–Trinajstić information content (AvgIpc) is 2.43. The van der Waals surface area contributed by atoms with Crippen LogP contribution in [0.2, 0.25) is 0 Å². The normalized spacial score (nSPS) is 12.0. The van der Waals surface area contributed by atoms with Crippen molar-refractivity contribution in [2.45, 2.75) is 25.9 Å². The second-order valence-corrected chi connectivity index (χ2v) is 3.65. The molecule has 0 bridgehead atoms. The molecule has 0 amide bonds. The van der Waals surface area contributed by atoms with Crippen molar-refractivity contribution >= 4 is 5.78 Å². The lowest BCUT2D eigenvalue weighted by Crippen LogP contribution is -2.24. The van der Waals surface area contributed by atoms with Crippen molar-refractivity contribution in [3.8, 4) is 11.8 Å². The molecule has 6 heteroatoms. The Morgan fingerprint density at radius 2 is 2.06 bits per heavy atom. The Balaban J connectivity index is 3.03. The summed E-state index contributed by atoms with van der Waals surface area (Å²) in [5.74, 6) is 0.219. The van der Waals surface area contributed by atoms with Gasteiger partial charge in [-0.05, 0) is 6.42 Å². The topological polar surface area (TPSA) is 70.5 Å². The summed E-state index contributed by atoms with van der Waals surface area (Å²) in [5.41, 5.74) is 0.165.